The summed E-state index contributed by atoms with van der Waals surface area (Å²) in [6, 6.07) is 4.27. The number of alkyl halides is 1. The Bertz CT molecular complexity index is 334. The maximum atomic E-state index is 11.9. The van der Waals surface area contributed by atoms with Crippen LogP contribution in [-0.2, 0) is 4.79 Å². The number of nitrogens with zero attached hydrogens (tertiary/aromatic N) is 1. The van der Waals surface area contributed by atoms with Crippen molar-refractivity contribution < 1.29 is 4.79 Å². The minimum atomic E-state index is -0.0898. The molecular formula is C11H15BrN2O. The first-order valence-corrected chi connectivity index (χ1v) is 6.19. The van der Waals surface area contributed by atoms with E-state index < -0.39 is 0 Å². The smallest absolute Gasteiger partial charge is 0.236 e. The van der Waals surface area contributed by atoms with Crippen molar-refractivity contribution in [3.63, 3.8) is 0 Å². The molecule has 0 bridgehead atoms. The van der Waals surface area contributed by atoms with E-state index in [0.29, 0.717) is 0 Å². The van der Waals surface area contributed by atoms with Gasteiger partial charge in [-0.1, -0.05) is 15.9 Å². The number of aromatic nitrogens is 1. The van der Waals surface area contributed by atoms with Gasteiger partial charge in [0.05, 0.1) is 10.9 Å². The van der Waals surface area contributed by atoms with Gasteiger partial charge in [0.15, 0.2) is 0 Å². The van der Waals surface area contributed by atoms with Gasteiger partial charge in [0.1, 0.15) is 0 Å². The zero-order chi connectivity index (χ0) is 10.8. The SMILES string of the molecule is CC(Br)C(=O)N1CCCC1c1ccc[nH]1. The summed E-state index contributed by atoms with van der Waals surface area (Å²) in [4.78, 5) is 17.0. The lowest BCUT2D eigenvalue weighted by atomic mass is 10.1. The van der Waals surface area contributed by atoms with E-state index in [1.807, 2.05) is 24.1 Å². The van der Waals surface area contributed by atoms with E-state index >= 15 is 0 Å². The molecule has 1 fully saturated rings. The number of hydrogen-bond acceptors (Lipinski definition) is 1. The second-order valence-electron chi connectivity index (χ2n) is 3.93. The molecule has 1 aliphatic rings. The zero-order valence-corrected chi connectivity index (χ0v) is 10.3. The van der Waals surface area contributed by atoms with Crippen molar-refractivity contribution in [1.29, 1.82) is 0 Å². The standard InChI is InChI=1S/C11H15BrN2O/c1-8(12)11(15)14-7-3-5-10(14)9-4-2-6-13-9/h2,4,6,8,10,13H,3,5,7H2,1H3. The highest BCUT2D eigenvalue weighted by Gasteiger charge is 2.31. The largest absolute Gasteiger partial charge is 0.363 e. The van der Waals surface area contributed by atoms with Crippen LogP contribution < -0.4 is 0 Å². The fourth-order valence-corrected chi connectivity index (χ4v) is 2.40. The van der Waals surface area contributed by atoms with Gasteiger partial charge in [0, 0.05) is 18.4 Å². The molecule has 1 aliphatic heterocycles. The van der Waals surface area contributed by atoms with Gasteiger partial charge < -0.3 is 9.88 Å². The molecular weight excluding hydrogens is 256 g/mol. The fourth-order valence-electron chi connectivity index (χ4n) is 2.13. The Kier molecular flexibility index (Phi) is 3.14. The Morgan fingerprint density at radius 3 is 3.13 bits per heavy atom. The van der Waals surface area contributed by atoms with E-state index in [-0.39, 0.29) is 16.8 Å². The number of amides is 1. The molecule has 0 spiro atoms. The number of H-pyrrole nitrogens is 1. The Labute approximate surface area is 98.0 Å². The third-order valence-corrected chi connectivity index (χ3v) is 3.25. The van der Waals surface area contributed by atoms with E-state index in [9.17, 15) is 4.79 Å². The lowest BCUT2D eigenvalue weighted by Crippen LogP contribution is -2.35. The number of halogens is 1. The average Bonchev–Trinajstić information content (AvgIpc) is 2.86. The van der Waals surface area contributed by atoms with E-state index in [0.717, 1.165) is 25.1 Å². The highest BCUT2D eigenvalue weighted by Crippen LogP contribution is 2.31. The van der Waals surface area contributed by atoms with E-state index in [4.69, 9.17) is 0 Å². The summed E-state index contributed by atoms with van der Waals surface area (Å²) in [7, 11) is 0. The molecule has 2 heterocycles. The highest BCUT2D eigenvalue weighted by molar-refractivity contribution is 9.10. The number of nitrogens with one attached hydrogen (secondary N) is 1. The molecule has 3 nitrogen and oxygen atoms in total. The van der Waals surface area contributed by atoms with Crippen LogP contribution in [0.1, 0.15) is 31.5 Å². The van der Waals surface area contributed by atoms with Crippen molar-refractivity contribution in [2.75, 3.05) is 6.54 Å². The van der Waals surface area contributed by atoms with Crippen LogP contribution in [-0.4, -0.2) is 27.2 Å². The van der Waals surface area contributed by atoms with E-state index in [2.05, 4.69) is 27.0 Å². The van der Waals surface area contributed by atoms with E-state index in [1.54, 1.807) is 0 Å². The molecule has 2 unspecified atom stereocenters. The number of hydrogen-bond donors (Lipinski definition) is 1. The third-order valence-electron chi connectivity index (χ3n) is 2.86. The molecule has 4 heteroatoms. The van der Waals surface area contributed by atoms with Crippen molar-refractivity contribution in [3.8, 4) is 0 Å². The first-order chi connectivity index (χ1) is 7.20. The Morgan fingerprint density at radius 1 is 1.73 bits per heavy atom. The normalized spacial score (nSPS) is 23.1. The van der Waals surface area contributed by atoms with Gasteiger partial charge in [-0.3, -0.25) is 4.79 Å². The topological polar surface area (TPSA) is 36.1 Å². The van der Waals surface area contributed by atoms with Crippen molar-refractivity contribution in [2.45, 2.75) is 30.6 Å². The second-order valence-corrected chi connectivity index (χ2v) is 5.30. The fraction of sp³-hybridized carbons (Fsp3) is 0.545. The van der Waals surface area contributed by atoms with Gasteiger partial charge in [0.25, 0.3) is 0 Å². The summed E-state index contributed by atoms with van der Waals surface area (Å²) in [5, 5.41) is 0. The summed E-state index contributed by atoms with van der Waals surface area (Å²) in [6.45, 7) is 2.75. The molecule has 0 radical (unpaired) electrons. The van der Waals surface area contributed by atoms with Gasteiger partial charge >= 0.3 is 0 Å². The molecule has 1 amide bonds. The molecule has 1 saturated heterocycles. The summed E-state index contributed by atoms with van der Waals surface area (Å²) in [6.07, 6.45) is 4.06. The van der Waals surface area contributed by atoms with Crippen molar-refractivity contribution in [1.82, 2.24) is 9.88 Å². The van der Waals surface area contributed by atoms with Crippen molar-refractivity contribution in [3.05, 3.63) is 24.0 Å². The van der Waals surface area contributed by atoms with Crippen LogP contribution in [0.15, 0.2) is 18.3 Å². The van der Waals surface area contributed by atoms with Crippen LogP contribution in [0, 0.1) is 0 Å². The molecule has 2 rings (SSSR count). The molecule has 1 aromatic heterocycles. The molecule has 15 heavy (non-hydrogen) atoms. The second kappa shape index (κ2) is 4.39. The monoisotopic (exact) mass is 270 g/mol. The molecule has 1 aromatic rings. The van der Waals surface area contributed by atoms with Crippen molar-refractivity contribution >= 4 is 21.8 Å². The van der Waals surface area contributed by atoms with Crippen LogP contribution >= 0.6 is 15.9 Å². The summed E-state index contributed by atoms with van der Waals surface area (Å²) in [5.74, 6) is 0.187. The summed E-state index contributed by atoms with van der Waals surface area (Å²) < 4.78 is 0. The number of aromatic amines is 1. The number of carbonyl (C=O) groups excluding carboxylic acids is 1. The molecule has 0 saturated carbocycles. The first kappa shape index (κ1) is 10.7. The molecule has 0 aromatic carbocycles. The van der Waals surface area contributed by atoms with Crippen LogP contribution in [0.25, 0.3) is 0 Å². The van der Waals surface area contributed by atoms with Gasteiger partial charge in [-0.25, -0.2) is 0 Å². The number of carbonyl (C=O) groups is 1. The minimum Gasteiger partial charge on any atom is -0.363 e. The van der Waals surface area contributed by atoms with Gasteiger partial charge in [0.2, 0.25) is 5.91 Å². The average molecular weight is 271 g/mol. The zero-order valence-electron chi connectivity index (χ0n) is 8.74. The Morgan fingerprint density at radius 2 is 2.53 bits per heavy atom. The van der Waals surface area contributed by atoms with Gasteiger partial charge in [-0.15, -0.1) is 0 Å². The first-order valence-electron chi connectivity index (χ1n) is 5.28. The third kappa shape index (κ3) is 2.09. The van der Waals surface area contributed by atoms with Crippen LogP contribution in [0.2, 0.25) is 0 Å². The van der Waals surface area contributed by atoms with Crippen LogP contribution in [0.5, 0.6) is 0 Å². The lowest BCUT2D eigenvalue weighted by molar-refractivity contribution is -0.131. The molecule has 1 N–H and O–H groups in total. The van der Waals surface area contributed by atoms with Gasteiger partial charge in [-0.2, -0.15) is 0 Å². The van der Waals surface area contributed by atoms with Crippen LogP contribution in [0.3, 0.4) is 0 Å². The predicted molar refractivity (Wildman–Crippen MR) is 62.9 cm³/mol. The number of rotatable bonds is 2. The maximum absolute atomic E-state index is 11.9. The number of likely N-dealkylation sites (tertiary alicyclic amines) is 1. The molecule has 2 atom stereocenters. The summed E-state index contributed by atoms with van der Waals surface area (Å²) >= 11 is 3.34. The van der Waals surface area contributed by atoms with Gasteiger partial charge in [-0.05, 0) is 31.9 Å². The van der Waals surface area contributed by atoms with Crippen molar-refractivity contribution in [2.24, 2.45) is 0 Å². The van der Waals surface area contributed by atoms with E-state index in [1.165, 1.54) is 0 Å². The maximum Gasteiger partial charge on any atom is 0.236 e. The quantitative estimate of drug-likeness (QED) is 0.824. The predicted octanol–water partition coefficient (Wildman–Crippen LogP) is 2.46. The Hall–Kier alpha value is -0.770. The van der Waals surface area contributed by atoms with Crippen LogP contribution in [0.4, 0.5) is 0 Å². The molecule has 0 aliphatic carbocycles. The summed E-state index contributed by atoms with van der Waals surface area (Å²) in [5.41, 5.74) is 1.15. The highest BCUT2D eigenvalue weighted by atomic mass is 79.9. The Balaban J connectivity index is 2.15. The lowest BCUT2D eigenvalue weighted by Gasteiger charge is -2.25. The molecule has 82 valence electrons. The minimum absolute atomic E-state index is 0.0898.